The van der Waals surface area contributed by atoms with E-state index < -0.39 is 0 Å². The minimum absolute atomic E-state index is 0.952. The fourth-order valence-electron chi connectivity index (χ4n) is 1.37. The monoisotopic (exact) mass is 288 g/mol. The minimum Gasteiger partial charge on any atom is -0.236 e. The first-order chi connectivity index (χ1) is 8.78. The van der Waals surface area contributed by atoms with E-state index in [0.717, 1.165) is 26.2 Å². The second-order valence-corrected chi connectivity index (χ2v) is 6.43. The van der Waals surface area contributed by atoms with E-state index in [4.69, 9.17) is 0 Å². The van der Waals surface area contributed by atoms with Gasteiger partial charge >= 0.3 is 0 Å². The molecule has 0 rings (SSSR count). The van der Waals surface area contributed by atoms with E-state index in [-0.39, 0.29) is 0 Å². The molecule has 0 N–H and O–H groups in total. The number of unbranched alkanes of at least 4 members (excludes halogenated alkanes) is 2. The Balaban J connectivity index is 3.99. The minimum atomic E-state index is 0.952. The molecule has 0 atom stereocenters. The summed E-state index contributed by atoms with van der Waals surface area (Å²) in [7, 11) is 3.68. The van der Waals surface area contributed by atoms with Crippen molar-refractivity contribution in [3.63, 3.8) is 0 Å². The first-order valence-electron chi connectivity index (χ1n) is 6.84. The molecule has 0 aliphatic carbocycles. The van der Waals surface area contributed by atoms with Crippen molar-refractivity contribution in [3.05, 3.63) is 25.3 Å². The van der Waals surface area contributed by atoms with Gasteiger partial charge in [-0.15, -0.1) is 13.2 Å². The molecule has 0 bridgehead atoms. The summed E-state index contributed by atoms with van der Waals surface area (Å²) < 4.78 is 4.76. The van der Waals surface area contributed by atoms with Gasteiger partial charge in [-0.1, -0.05) is 38.8 Å². The first-order valence-corrected chi connectivity index (χ1v) is 8.91. The average molecular weight is 289 g/mol. The predicted octanol–water partition coefficient (Wildman–Crippen LogP) is 4.77. The average Bonchev–Trinajstić information content (AvgIpc) is 2.38. The molecule has 18 heavy (non-hydrogen) atoms. The fraction of sp³-hybridized carbons (Fsp3) is 0.714. The Hall–Kier alpha value is 0.100. The molecule has 0 spiro atoms. The van der Waals surface area contributed by atoms with Crippen LogP contribution in [0.3, 0.4) is 0 Å². The maximum Gasteiger partial charge on any atom is 0.0276 e. The molecule has 0 heterocycles. The van der Waals surface area contributed by atoms with Crippen LogP contribution in [0.1, 0.15) is 39.5 Å². The maximum absolute atomic E-state index is 3.83. The third-order valence-electron chi connectivity index (χ3n) is 2.43. The molecule has 0 unspecified atom stereocenters. The molecule has 4 heteroatoms. The first kappa shape index (κ1) is 18.1. The smallest absolute Gasteiger partial charge is 0.0276 e. The van der Waals surface area contributed by atoms with E-state index in [1.807, 2.05) is 34.1 Å². The standard InChI is InChI=1S/C14H28N2S2/c1-5-9-13-15(11-7-3)17-18-16(12-8-4)14-10-6-2/h7-8H,3-6,9-14H2,1-2H3. The summed E-state index contributed by atoms with van der Waals surface area (Å²) in [6, 6.07) is 0. The summed E-state index contributed by atoms with van der Waals surface area (Å²) >= 11 is 0. The second kappa shape index (κ2) is 13.5. The highest BCUT2D eigenvalue weighted by Crippen LogP contribution is 2.30. The SMILES string of the molecule is C=CCN(CCCC)SSN(CC=C)CCCC. The van der Waals surface area contributed by atoms with Crippen LogP contribution in [-0.2, 0) is 0 Å². The van der Waals surface area contributed by atoms with Gasteiger partial charge in [0, 0.05) is 48.1 Å². The zero-order chi connectivity index (χ0) is 13.6. The van der Waals surface area contributed by atoms with Gasteiger partial charge in [0.25, 0.3) is 0 Å². The summed E-state index contributed by atoms with van der Waals surface area (Å²) in [4.78, 5) is 0. The van der Waals surface area contributed by atoms with Gasteiger partial charge in [0.1, 0.15) is 0 Å². The Bertz CT molecular complexity index is 188. The molecule has 0 aliphatic heterocycles. The number of hydrogen-bond acceptors (Lipinski definition) is 4. The quantitative estimate of drug-likeness (QED) is 0.273. The molecule has 2 nitrogen and oxygen atoms in total. The molecular formula is C14H28N2S2. The molecule has 0 amide bonds. The van der Waals surface area contributed by atoms with Gasteiger partial charge in [0.05, 0.1) is 0 Å². The van der Waals surface area contributed by atoms with Gasteiger partial charge in [-0.25, -0.2) is 8.61 Å². The van der Waals surface area contributed by atoms with Crippen LogP contribution >= 0.6 is 22.0 Å². The van der Waals surface area contributed by atoms with Crippen LogP contribution in [0, 0.1) is 0 Å². The van der Waals surface area contributed by atoms with Gasteiger partial charge in [0.15, 0.2) is 0 Å². The van der Waals surface area contributed by atoms with E-state index in [0.29, 0.717) is 0 Å². The third kappa shape index (κ3) is 10.1. The van der Waals surface area contributed by atoms with Gasteiger partial charge in [-0.2, -0.15) is 0 Å². The lowest BCUT2D eigenvalue weighted by Gasteiger charge is -2.23. The highest BCUT2D eigenvalue weighted by atomic mass is 33.1. The summed E-state index contributed by atoms with van der Waals surface area (Å²) in [5.41, 5.74) is 0. The third-order valence-corrected chi connectivity index (χ3v) is 5.05. The Labute approximate surface area is 122 Å². The van der Waals surface area contributed by atoms with Gasteiger partial charge in [0.2, 0.25) is 0 Å². The van der Waals surface area contributed by atoms with Crippen LogP contribution in [0.15, 0.2) is 25.3 Å². The zero-order valence-corrected chi connectivity index (χ0v) is 13.6. The molecule has 0 aromatic rings. The van der Waals surface area contributed by atoms with Crippen LogP contribution in [0.2, 0.25) is 0 Å². The van der Waals surface area contributed by atoms with E-state index in [9.17, 15) is 0 Å². The number of rotatable bonds is 13. The van der Waals surface area contributed by atoms with Crippen LogP contribution < -0.4 is 0 Å². The van der Waals surface area contributed by atoms with Crippen LogP contribution in [0.25, 0.3) is 0 Å². The molecule has 0 saturated carbocycles. The highest BCUT2D eigenvalue weighted by Gasteiger charge is 2.08. The normalized spacial score (nSPS) is 11.1. The van der Waals surface area contributed by atoms with Crippen molar-refractivity contribution in [2.24, 2.45) is 0 Å². The van der Waals surface area contributed by atoms with Crippen molar-refractivity contribution in [1.82, 2.24) is 8.61 Å². The fourth-order valence-corrected chi connectivity index (χ4v) is 3.68. The van der Waals surface area contributed by atoms with Gasteiger partial charge < -0.3 is 0 Å². The van der Waals surface area contributed by atoms with Crippen molar-refractivity contribution in [3.8, 4) is 0 Å². The van der Waals surface area contributed by atoms with E-state index in [2.05, 4.69) is 35.6 Å². The molecule has 0 fully saturated rings. The Kier molecular flexibility index (Phi) is 13.6. The lowest BCUT2D eigenvalue weighted by molar-refractivity contribution is 0.494. The highest BCUT2D eigenvalue weighted by molar-refractivity contribution is 8.74. The lowest BCUT2D eigenvalue weighted by atomic mass is 10.3. The summed E-state index contributed by atoms with van der Waals surface area (Å²) in [5.74, 6) is 0. The number of hydrogen-bond donors (Lipinski definition) is 0. The molecule has 0 radical (unpaired) electrons. The molecule has 106 valence electrons. The van der Waals surface area contributed by atoms with Crippen molar-refractivity contribution in [2.45, 2.75) is 39.5 Å². The molecule has 0 aromatic carbocycles. The van der Waals surface area contributed by atoms with Crippen molar-refractivity contribution in [1.29, 1.82) is 0 Å². The van der Waals surface area contributed by atoms with Crippen molar-refractivity contribution < 1.29 is 0 Å². The number of nitrogens with zero attached hydrogens (tertiary/aromatic N) is 2. The van der Waals surface area contributed by atoms with Crippen LogP contribution in [-0.4, -0.2) is 34.8 Å². The summed E-state index contributed by atoms with van der Waals surface area (Å²) in [6.45, 7) is 16.3. The molecule has 0 aromatic heterocycles. The second-order valence-electron chi connectivity index (χ2n) is 4.21. The van der Waals surface area contributed by atoms with Crippen molar-refractivity contribution >= 4 is 22.0 Å². The van der Waals surface area contributed by atoms with E-state index >= 15 is 0 Å². The maximum atomic E-state index is 3.83. The zero-order valence-electron chi connectivity index (χ0n) is 11.9. The summed E-state index contributed by atoms with van der Waals surface area (Å²) in [6.07, 6.45) is 8.94. The molecular weight excluding hydrogens is 260 g/mol. The molecule has 0 aliphatic rings. The van der Waals surface area contributed by atoms with Crippen LogP contribution in [0.5, 0.6) is 0 Å². The lowest BCUT2D eigenvalue weighted by Crippen LogP contribution is -2.20. The Morgan fingerprint density at radius 3 is 1.50 bits per heavy atom. The topological polar surface area (TPSA) is 6.48 Å². The van der Waals surface area contributed by atoms with E-state index in [1.165, 1.54) is 25.7 Å². The molecule has 0 saturated heterocycles. The largest absolute Gasteiger partial charge is 0.236 e. The van der Waals surface area contributed by atoms with Crippen LogP contribution in [0.4, 0.5) is 0 Å². The Morgan fingerprint density at radius 2 is 1.22 bits per heavy atom. The van der Waals surface area contributed by atoms with E-state index in [1.54, 1.807) is 0 Å². The van der Waals surface area contributed by atoms with Gasteiger partial charge in [-0.3, -0.25) is 0 Å². The summed E-state index contributed by atoms with van der Waals surface area (Å²) in [5, 5.41) is 0. The van der Waals surface area contributed by atoms with Gasteiger partial charge in [-0.05, 0) is 12.8 Å². The predicted molar refractivity (Wildman–Crippen MR) is 88.5 cm³/mol. The Morgan fingerprint density at radius 1 is 0.833 bits per heavy atom. The van der Waals surface area contributed by atoms with Crippen molar-refractivity contribution in [2.75, 3.05) is 26.2 Å².